The van der Waals surface area contributed by atoms with Gasteiger partial charge >= 0.3 is 45.2 Å². The highest BCUT2D eigenvalue weighted by atomic mass is 32.2. The lowest BCUT2D eigenvalue weighted by molar-refractivity contribution is -0.357. The van der Waals surface area contributed by atoms with Crippen LogP contribution in [0.1, 0.15) is 33.6 Å². The summed E-state index contributed by atoms with van der Waals surface area (Å²) in [5.74, 6) is -17.2. The van der Waals surface area contributed by atoms with E-state index in [0.717, 1.165) is 20.8 Å². The first-order valence-electron chi connectivity index (χ1n) is 8.16. The van der Waals surface area contributed by atoms with Crippen LogP contribution in [0.3, 0.4) is 0 Å². The highest BCUT2D eigenvalue weighted by Gasteiger charge is 2.69. The molecule has 0 amide bonds. The molecule has 0 rings (SSSR count). The minimum absolute atomic E-state index is 1.07. The van der Waals surface area contributed by atoms with Crippen molar-refractivity contribution in [3.63, 3.8) is 0 Å². The van der Waals surface area contributed by atoms with Crippen LogP contribution in [-0.4, -0.2) is 60.3 Å². The van der Waals surface area contributed by atoms with Crippen LogP contribution in [-0.2, 0) is 33.9 Å². The summed E-state index contributed by atoms with van der Waals surface area (Å²) in [5.41, 5.74) is -1.67. The Morgan fingerprint density at radius 1 is 0.969 bits per heavy atom. The number of esters is 2. The third-order valence-electron chi connectivity index (χ3n) is 3.19. The first kappa shape index (κ1) is 30.0. The number of halogens is 8. The van der Waals surface area contributed by atoms with Crippen molar-refractivity contribution in [1.82, 2.24) is 0 Å². The second kappa shape index (κ2) is 9.46. The van der Waals surface area contributed by atoms with Gasteiger partial charge in [-0.15, -0.1) is 0 Å². The van der Waals surface area contributed by atoms with E-state index in [2.05, 4.69) is 20.8 Å². The van der Waals surface area contributed by atoms with Gasteiger partial charge in [0, 0.05) is 6.42 Å². The van der Waals surface area contributed by atoms with Crippen LogP contribution in [0.25, 0.3) is 0 Å². The van der Waals surface area contributed by atoms with Gasteiger partial charge in [0.05, 0.1) is 6.61 Å². The fraction of sp³-hybridized carbons (Fsp3) is 0.733. The van der Waals surface area contributed by atoms with Gasteiger partial charge in [-0.25, -0.2) is 9.59 Å². The molecule has 1 atom stereocenters. The van der Waals surface area contributed by atoms with E-state index in [1.807, 2.05) is 0 Å². The van der Waals surface area contributed by atoms with E-state index in [9.17, 15) is 53.1 Å². The van der Waals surface area contributed by atoms with Crippen molar-refractivity contribution in [3.05, 3.63) is 12.4 Å². The first-order chi connectivity index (χ1) is 13.9. The quantitative estimate of drug-likeness (QED) is 0.119. The minimum atomic E-state index is -6.61. The van der Waals surface area contributed by atoms with Gasteiger partial charge in [0.25, 0.3) is 0 Å². The molecule has 0 saturated carbocycles. The maximum absolute atomic E-state index is 13.6. The lowest BCUT2D eigenvalue weighted by Crippen LogP contribution is -2.59. The molecule has 0 saturated heterocycles. The summed E-state index contributed by atoms with van der Waals surface area (Å²) in [6.07, 6.45) is -9.67. The summed E-state index contributed by atoms with van der Waals surface area (Å²) in [6, 6.07) is 0. The molecule has 8 nitrogen and oxygen atoms in total. The van der Waals surface area contributed by atoms with Crippen LogP contribution < -0.4 is 0 Å². The van der Waals surface area contributed by atoms with Crippen LogP contribution in [0, 0.1) is 0 Å². The van der Waals surface area contributed by atoms with Crippen molar-refractivity contribution in [3.8, 4) is 0 Å². The Labute approximate surface area is 176 Å². The Morgan fingerprint density at radius 2 is 1.44 bits per heavy atom. The van der Waals surface area contributed by atoms with E-state index in [4.69, 9.17) is 4.55 Å². The highest BCUT2D eigenvalue weighted by molar-refractivity contribution is 7.87. The van der Waals surface area contributed by atoms with Crippen molar-refractivity contribution in [2.75, 3.05) is 6.61 Å². The van der Waals surface area contributed by atoms with E-state index >= 15 is 0 Å². The van der Waals surface area contributed by atoms with Crippen molar-refractivity contribution in [2.45, 2.75) is 62.4 Å². The van der Waals surface area contributed by atoms with Crippen LogP contribution in [0.15, 0.2) is 12.4 Å². The zero-order valence-corrected chi connectivity index (χ0v) is 17.4. The monoisotopic (exact) mass is 510 g/mol. The number of ether oxygens (including phenoxy) is 3. The van der Waals surface area contributed by atoms with Gasteiger partial charge in [0.1, 0.15) is 5.60 Å². The van der Waals surface area contributed by atoms with Gasteiger partial charge in [-0.3, -0.25) is 4.55 Å². The van der Waals surface area contributed by atoms with Gasteiger partial charge in [0.2, 0.25) is 5.83 Å². The zero-order valence-electron chi connectivity index (χ0n) is 16.6. The van der Waals surface area contributed by atoms with Gasteiger partial charge < -0.3 is 14.2 Å². The topological polar surface area (TPSA) is 116 Å². The molecule has 0 aromatic rings. The first-order valence-corrected chi connectivity index (χ1v) is 9.60. The molecule has 1 N–H and O–H groups in total. The molecule has 0 spiro atoms. The Balaban J connectivity index is 5.88. The van der Waals surface area contributed by atoms with Crippen LogP contribution in [0.4, 0.5) is 35.1 Å². The molecule has 0 aliphatic carbocycles. The van der Waals surface area contributed by atoms with Crippen molar-refractivity contribution in [1.29, 1.82) is 0 Å². The van der Waals surface area contributed by atoms with E-state index in [0.29, 0.717) is 0 Å². The number of carbonyl (C=O) groups is 2. The van der Waals surface area contributed by atoms with Gasteiger partial charge in [-0.2, -0.15) is 43.5 Å². The van der Waals surface area contributed by atoms with E-state index in [-0.39, 0.29) is 0 Å². The molecule has 188 valence electrons. The molecule has 17 heteroatoms. The number of carbonyl (C=O) groups excluding carboxylic acids is 2. The molecule has 0 aromatic heterocycles. The molecule has 1 unspecified atom stereocenters. The average molecular weight is 510 g/mol. The van der Waals surface area contributed by atoms with Crippen LogP contribution in [0.2, 0.25) is 0 Å². The van der Waals surface area contributed by atoms with Crippen molar-refractivity contribution < 1.29 is 71.9 Å². The standard InChI is InChI=1S/C15H18F8O8S/c1-8(16)9(24)30-13(14(19,20)21,10(25)31-11(2,3)4)29-7-5-6-12(17,18)15(22,23)32(26,27)28/h1,5-7H2,2-4H3,(H,26,27,28). The van der Waals surface area contributed by atoms with Gasteiger partial charge in [-0.05, 0) is 27.2 Å². The Morgan fingerprint density at radius 3 is 1.78 bits per heavy atom. The van der Waals surface area contributed by atoms with E-state index < -0.39 is 76.1 Å². The predicted molar refractivity (Wildman–Crippen MR) is 87.6 cm³/mol. The summed E-state index contributed by atoms with van der Waals surface area (Å²) in [5, 5.41) is -6.01. The normalized spacial score (nSPS) is 15.6. The SMILES string of the molecule is C=C(F)C(=O)OC(OCCCC(F)(F)C(F)(F)S(=O)(=O)O)(C(=O)OC(C)(C)C)C(F)(F)F. The van der Waals surface area contributed by atoms with E-state index in [1.165, 1.54) is 0 Å². The Bertz CT molecular complexity index is 831. The zero-order chi connectivity index (χ0) is 26.0. The fourth-order valence-electron chi connectivity index (χ4n) is 1.76. The summed E-state index contributed by atoms with van der Waals surface area (Å²) >= 11 is 0. The van der Waals surface area contributed by atoms with Crippen LogP contribution in [0.5, 0.6) is 0 Å². The van der Waals surface area contributed by atoms with Crippen molar-refractivity contribution in [2.24, 2.45) is 0 Å². The molecule has 0 bridgehead atoms. The lowest BCUT2D eigenvalue weighted by Gasteiger charge is -2.34. The Hall–Kier alpha value is -2.01. The molecular weight excluding hydrogens is 492 g/mol. The largest absolute Gasteiger partial charge is 0.468 e. The Kier molecular flexibility index (Phi) is 8.87. The molecule has 0 aliphatic heterocycles. The third-order valence-corrected chi connectivity index (χ3v) is 4.14. The van der Waals surface area contributed by atoms with Crippen molar-refractivity contribution >= 4 is 22.1 Å². The predicted octanol–water partition coefficient (Wildman–Crippen LogP) is 3.53. The summed E-state index contributed by atoms with van der Waals surface area (Å²) in [7, 11) is -6.61. The molecule has 0 radical (unpaired) electrons. The average Bonchev–Trinajstić information content (AvgIpc) is 2.53. The fourth-order valence-corrected chi connectivity index (χ4v) is 2.24. The second-order valence-corrected chi connectivity index (χ2v) is 8.52. The number of hydrogen-bond donors (Lipinski definition) is 1. The maximum atomic E-state index is 13.6. The van der Waals surface area contributed by atoms with Gasteiger partial charge in [0.15, 0.2) is 0 Å². The number of rotatable bonds is 10. The lowest BCUT2D eigenvalue weighted by atomic mass is 10.1. The molecule has 0 aromatic carbocycles. The molecule has 32 heavy (non-hydrogen) atoms. The smallest absolute Gasteiger partial charge is 0.455 e. The second-order valence-electron chi connectivity index (χ2n) is 7.06. The minimum Gasteiger partial charge on any atom is -0.455 e. The molecular formula is C15H18F8O8S. The maximum Gasteiger partial charge on any atom is 0.468 e. The molecule has 0 heterocycles. The number of alkyl halides is 7. The number of hydrogen-bond acceptors (Lipinski definition) is 7. The third kappa shape index (κ3) is 6.99. The van der Waals surface area contributed by atoms with E-state index in [1.54, 1.807) is 0 Å². The highest BCUT2D eigenvalue weighted by Crippen LogP contribution is 2.42. The summed E-state index contributed by atoms with van der Waals surface area (Å²) in [4.78, 5) is 23.4. The summed E-state index contributed by atoms with van der Waals surface area (Å²) in [6.45, 7) is 3.88. The van der Waals surface area contributed by atoms with Gasteiger partial charge in [-0.1, -0.05) is 6.58 Å². The molecule has 0 aliphatic rings. The molecule has 0 fully saturated rings. The van der Waals surface area contributed by atoms with Crippen LogP contribution >= 0.6 is 0 Å². The summed E-state index contributed by atoms with van der Waals surface area (Å²) < 4.78 is 148.